The van der Waals surface area contributed by atoms with Crippen molar-refractivity contribution in [2.45, 2.75) is 24.7 Å². The average molecular weight is 420 g/mol. The topological polar surface area (TPSA) is 78.5 Å². The highest BCUT2D eigenvalue weighted by molar-refractivity contribution is 7.89. The lowest BCUT2D eigenvalue weighted by Crippen LogP contribution is -2.43. The van der Waals surface area contributed by atoms with Gasteiger partial charge in [-0.25, -0.2) is 17.5 Å². The molecule has 1 atom stereocenters. The summed E-state index contributed by atoms with van der Waals surface area (Å²) in [7, 11) is -3.54. The first-order chi connectivity index (χ1) is 13.8. The van der Waals surface area contributed by atoms with Gasteiger partial charge in [0.25, 0.3) is 0 Å². The fourth-order valence-electron chi connectivity index (χ4n) is 3.43. The number of halogens is 1. The molecule has 2 aromatic carbocycles. The van der Waals surface area contributed by atoms with Gasteiger partial charge in [-0.05, 0) is 68.6 Å². The SMILES string of the molecule is Cc1ccc(S(=O)(=O)NCC2CCCN(CC(=O)Nc3ccc(F)cc3)C2)cc1. The highest BCUT2D eigenvalue weighted by Crippen LogP contribution is 2.17. The number of carbonyl (C=O) groups is 1. The smallest absolute Gasteiger partial charge is 0.240 e. The third-order valence-corrected chi connectivity index (χ3v) is 6.43. The molecule has 2 aromatic rings. The van der Waals surface area contributed by atoms with Gasteiger partial charge in [0.2, 0.25) is 15.9 Å². The number of anilines is 1. The maximum Gasteiger partial charge on any atom is 0.240 e. The summed E-state index contributed by atoms with van der Waals surface area (Å²) in [4.78, 5) is 14.5. The van der Waals surface area contributed by atoms with Crippen molar-refractivity contribution in [3.05, 3.63) is 59.9 Å². The van der Waals surface area contributed by atoms with Crippen molar-refractivity contribution in [1.82, 2.24) is 9.62 Å². The van der Waals surface area contributed by atoms with Gasteiger partial charge >= 0.3 is 0 Å². The number of carbonyl (C=O) groups excluding carboxylic acids is 1. The van der Waals surface area contributed by atoms with Gasteiger partial charge < -0.3 is 5.32 Å². The minimum absolute atomic E-state index is 0.141. The molecule has 1 amide bonds. The number of rotatable bonds is 7. The minimum atomic E-state index is -3.54. The summed E-state index contributed by atoms with van der Waals surface area (Å²) in [5, 5.41) is 2.75. The second-order valence-corrected chi connectivity index (χ2v) is 9.23. The molecule has 0 spiro atoms. The molecule has 29 heavy (non-hydrogen) atoms. The van der Waals surface area contributed by atoms with E-state index >= 15 is 0 Å². The molecule has 1 saturated heterocycles. The van der Waals surface area contributed by atoms with Crippen molar-refractivity contribution in [2.75, 3.05) is 31.5 Å². The zero-order valence-electron chi connectivity index (χ0n) is 16.4. The average Bonchev–Trinajstić information content (AvgIpc) is 2.69. The molecule has 0 bridgehead atoms. The monoisotopic (exact) mass is 419 g/mol. The van der Waals surface area contributed by atoms with Crippen molar-refractivity contribution in [3.8, 4) is 0 Å². The lowest BCUT2D eigenvalue weighted by atomic mass is 9.98. The number of sulfonamides is 1. The van der Waals surface area contributed by atoms with Gasteiger partial charge in [-0.3, -0.25) is 9.69 Å². The highest BCUT2D eigenvalue weighted by Gasteiger charge is 2.23. The van der Waals surface area contributed by atoms with E-state index in [0.717, 1.165) is 24.9 Å². The van der Waals surface area contributed by atoms with Crippen molar-refractivity contribution >= 4 is 21.6 Å². The molecule has 0 radical (unpaired) electrons. The fraction of sp³-hybridized carbons (Fsp3) is 0.381. The van der Waals surface area contributed by atoms with Crippen LogP contribution in [-0.2, 0) is 14.8 Å². The summed E-state index contributed by atoms with van der Waals surface area (Å²) >= 11 is 0. The number of piperidine rings is 1. The standard InChI is InChI=1S/C21H26FN3O3S/c1-16-4-10-20(11-5-16)29(27,28)23-13-17-3-2-12-25(14-17)15-21(26)24-19-8-6-18(22)7-9-19/h4-11,17,23H,2-3,12-15H2,1H3,(H,24,26). The molecule has 3 rings (SSSR count). The van der Waals surface area contributed by atoms with Crippen LogP contribution in [0.15, 0.2) is 53.4 Å². The number of nitrogens with one attached hydrogen (secondary N) is 2. The molecule has 2 N–H and O–H groups in total. The Balaban J connectivity index is 1.49. The summed E-state index contributed by atoms with van der Waals surface area (Å²) in [6.45, 7) is 3.91. The molecule has 0 aromatic heterocycles. The third-order valence-electron chi connectivity index (χ3n) is 4.99. The molecule has 6 nitrogen and oxygen atoms in total. The predicted octanol–water partition coefficient (Wildman–Crippen LogP) is 2.76. The molecular weight excluding hydrogens is 393 g/mol. The van der Waals surface area contributed by atoms with Crippen molar-refractivity contribution in [2.24, 2.45) is 5.92 Å². The second-order valence-electron chi connectivity index (χ2n) is 7.46. The zero-order chi connectivity index (χ0) is 20.9. The lowest BCUT2D eigenvalue weighted by molar-refractivity contribution is -0.117. The van der Waals surface area contributed by atoms with E-state index in [0.29, 0.717) is 18.8 Å². The first-order valence-corrected chi connectivity index (χ1v) is 11.1. The Morgan fingerprint density at radius 2 is 1.83 bits per heavy atom. The van der Waals surface area contributed by atoms with E-state index in [1.165, 1.54) is 24.3 Å². The van der Waals surface area contributed by atoms with E-state index in [-0.39, 0.29) is 29.1 Å². The lowest BCUT2D eigenvalue weighted by Gasteiger charge is -2.32. The number of hydrogen-bond donors (Lipinski definition) is 2. The van der Waals surface area contributed by atoms with Gasteiger partial charge in [0.05, 0.1) is 11.4 Å². The van der Waals surface area contributed by atoms with Gasteiger partial charge in [0, 0.05) is 18.8 Å². The third kappa shape index (κ3) is 6.35. The van der Waals surface area contributed by atoms with Crippen molar-refractivity contribution in [3.63, 3.8) is 0 Å². The molecule has 8 heteroatoms. The van der Waals surface area contributed by atoms with E-state index < -0.39 is 10.0 Å². The van der Waals surface area contributed by atoms with Gasteiger partial charge in [0.15, 0.2) is 0 Å². The van der Waals surface area contributed by atoms with E-state index in [9.17, 15) is 17.6 Å². The molecule has 0 aliphatic carbocycles. The van der Waals surface area contributed by atoms with Gasteiger partial charge in [-0.1, -0.05) is 17.7 Å². The Bertz CT molecular complexity index is 931. The van der Waals surface area contributed by atoms with Crippen LogP contribution in [0.4, 0.5) is 10.1 Å². The zero-order valence-corrected chi connectivity index (χ0v) is 17.2. The van der Waals surface area contributed by atoms with Gasteiger partial charge in [-0.2, -0.15) is 0 Å². The van der Waals surface area contributed by atoms with Crippen LogP contribution in [0.25, 0.3) is 0 Å². The Hall–Kier alpha value is -2.29. The van der Waals surface area contributed by atoms with Crippen molar-refractivity contribution < 1.29 is 17.6 Å². The maximum absolute atomic E-state index is 13.0. The second kappa shape index (κ2) is 9.47. The van der Waals surface area contributed by atoms with E-state index in [1.807, 2.05) is 11.8 Å². The van der Waals surface area contributed by atoms with Crippen LogP contribution in [0.2, 0.25) is 0 Å². The Kier molecular flexibility index (Phi) is 7.00. The van der Waals surface area contributed by atoms with Crippen LogP contribution in [0.1, 0.15) is 18.4 Å². The molecular formula is C21H26FN3O3S. The molecule has 156 valence electrons. The molecule has 1 fully saturated rings. The molecule has 1 unspecified atom stereocenters. The number of amides is 1. The Morgan fingerprint density at radius 1 is 1.14 bits per heavy atom. The van der Waals surface area contributed by atoms with Crippen LogP contribution in [0.3, 0.4) is 0 Å². The summed E-state index contributed by atoms with van der Waals surface area (Å²) in [6.07, 6.45) is 1.81. The largest absolute Gasteiger partial charge is 0.325 e. The summed E-state index contributed by atoms with van der Waals surface area (Å²) in [5.41, 5.74) is 1.56. The first kappa shape index (κ1) is 21.4. The molecule has 1 heterocycles. The summed E-state index contributed by atoms with van der Waals surface area (Å²) in [6, 6.07) is 12.4. The van der Waals surface area contributed by atoms with Crippen LogP contribution < -0.4 is 10.0 Å². The van der Waals surface area contributed by atoms with Gasteiger partial charge in [-0.15, -0.1) is 0 Å². The van der Waals surface area contributed by atoms with E-state index in [4.69, 9.17) is 0 Å². The number of nitrogens with zero attached hydrogens (tertiary/aromatic N) is 1. The number of benzene rings is 2. The van der Waals surface area contributed by atoms with E-state index in [1.54, 1.807) is 24.3 Å². The van der Waals surface area contributed by atoms with Crippen LogP contribution in [0, 0.1) is 18.7 Å². The summed E-state index contributed by atoms with van der Waals surface area (Å²) in [5.74, 6) is -0.380. The molecule has 1 aliphatic rings. The molecule has 1 aliphatic heterocycles. The van der Waals surface area contributed by atoms with Gasteiger partial charge in [0.1, 0.15) is 5.82 Å². The highest BCUT2D eigenvalue weighted by atomic mass is 32.2. The fourth-order valence-corrected chi connectivity index (χ4v) is 4.54. The van der Waals surface area contributed by atoms with Crippen LogP contribution in [0.5, 0.6) is 0 Å². The Morgan fingerprint density at radius 3 is 2.52 bits per heavy atom. The Labute approximate surface area is 171 Å². The van der Waals surface area contributed by atoms with E-state index in [2.05, 4.69) is 10.0 Å². The minimum Gasteiger partial charge on any atom is -0.325 e. The number of hydrogen-bond acceptors (Lipinski definition) is 4. The number of aryl methyl sites for hydroxylation is 1. The van der Waals surface area contributed by atoms with Crippen LogP contribution >= 0.6 is 0 Å². The quantitative estimate of drug-likeness (QED) is 0.723. The summed E-state index contributed by atoms with van der Waals surface area (Å²) < 4.78 is 40.6. The number of likely N-dealkylation sites (tertiary alicyclic amines) is 1. The maximum atomic E-state index is 13.0. The first-order valence-electron chi connectivity index (χ1n) is 9.66. The van der Waals surface area contributed by atoms with Crippen LogP contribution in [-0.4, -0.2) is 45.4 Å². The normalized spacial score (nSPS) is 17.8. The van der Waals surface area contributed by atoms with Crippen molar-refractivity contribution in [1.29, 1.82) is 0 Å². The predicted molar refractivity (Wildman–Crippen MR) is 111 cm³/mol. The molecule has 0 saturated carbocycles.